The predicted octanol–water partition coefficient (Wildman–Crippen LogP) is 2.29. The highest BCUT2D eigenvalue weighted by Crippen LogP contribution is 2.11. The van der Waals surface area contributed by atoms with Crippen LogP contribution in [-0.2, 0) is 6.54 Å². The SMILES string of the molecule is CSCCC(C)N(C)Cc1ccnc(C(N)=S)c1. The second-order valence-electron chi connectivity index (χ2n) is 4.46. The normalized spacial score (nSPS) is 12.7. The van der Waals surface area contributed by atoms with Gasteiger partial charge in [0.25, 0.3) is 0 Å². The maximum atomic E-state index is 5.59. The van der Waals surface area contributed by atoms with E-state index in [1.807, 2.05) is 23.9 Å². The Bertz CT molecular complexity index is 396. The van der Waals surface area contributed by atoms with Crippen molar-refractivity contribution in [3.05, 3.63) is 29.6 Å². The van der Waals surface area contributed by atoms with Gasteiger partial charge in [0.15, 0.2) is 0 Å². The molecule has 1 unspecified atom stereocenters. The Kier molecular flexibility index (Phi) is 6.60. The van der Waals surface area contributed by atoms with E-state index < -0.39 is 0 Å². The first-order valence-corrected chi connectivity index (χ1v) is 7.78. The molecule has 1 rings (SSSR count). The van der Waals surface area contributed by atoms with E-state index in [1.165, 1.54) is 17.7 Å². The van der Waals surface area contributed by atoms with Gasteiger partial charge in [-0.3, -0.25) is 9.88 Å². The van der Waals surface area contributed by atoms with Gasteiger partial charge in [-0.2, -0.15) is 11.8 Å². The third kappa shape index (κ3) is 4.92. The summed E-state index contributed by atoms with van der Waals surface area (Å²) in [6, 6.07) is 4.55. The number of thiocarbonyl (C=S) groups is 1. The lowest BCUT2D eigenvalue weighted by Crippen LogP contribution is -2.29. The van der Waals surface area contributed by atoms with E-state index in [4.69, 9.17) is 18.0 Å². The van der Waals surface area contributed by atoms with Crippen LogP contribution < -0.4 is 5.73 Å². The van der Waals surface area contributed by atoms with Crippen molar-refractivity contribution in [3.8, 4) is 0 Å². The van der Waals surface area contributed by atoms with Gasteiger partial charge in [-0.25, -0.2) is 0 Å². The van der Waals surface area contributed by atoms with Gasteiger partial charge in [-0.1, -0.05) is 12.2 Å². The molecule has 5 heteroatoms. The highest BCUT2D eigenvalue weighted by atomic mass is 32.2. The average Bonchev–Trinajstić information content (AvgIpc) is 2.36. The van der Waals surface area contributed by atoms with E-state index in [-0.39, 0.29) is 0 Å². The van der Waals surface area contributed by atoms with E-state index in [0.29, 0.717) is 16.7 Å². The first-order valence-electron chi connectivity index (χ1n) is 5.98. The molecule has 0 saturated heterocycles. The summed E-state index contributed by atoms with van der Waals surface area (Å²) in [5.74, 6) is 1.19. The molecule has 100 valence electrons. The van der Waals surface area contributed by atoms with Crippen LogP contribution in [0.25, 0.3) is 0 Å². The number of thioether (sulfide) groups is 1. The minimum atomic E-state index is 0.356. The predicted molar refractivity (Wildman–Crippen MR) is 84.1 cm³/mol. The molecule has 0 aliphatic carbocycles. The third-order valence-electron chi connectivity index (χ3n) is 3.00. The molecule has 2 N–H and O–H groups in total. The van der Waals surface area contributed by atoms with Crippen LogP contribution in [0.5, 0.6) is 0 Å². The quantitative estimate of drug-likeness (QED) is 0.778. The van der Waals surface area contributed by atoms with Crippen molar-refractivity contribution < 1.29 is 0 Å². The Balaban J connectivity index is 2.60. The van der Waals surface area contributed by atoms with Gasteiger partial charge in [0.2, 0.25) is 0 Å². The van der Waals surface area contributed by atoms with Crippen molar-refractivity contribution in [2.75, 3.05) is 19.1 Å². The fraction of sp³-hybridized carbons (Fsp3) is 0.538. The van der Waals surface area contributed by atoms with Gasteiger partial charge in [0, 0.05) is 18.8 Å². The minimum absolute atomic E-state index is 0.356. The highest BCUT2D eigenvalue weighted by molar-refractivity contribution is 7.98. The standard InChI is InChI=1S/C13H21N3S2/c1-10(5-7-18-3)16(2)9-11-4-6-15-12(8-11)13(14)17/h4,6,8,10H,5,7,9H2,1-3H3,(H2,14,17). The van der Waals surface area contributed by atoms with Gasteiger partial charge in [0.1, 0.15) is 4.99 Å². The van der Waals surface area contributed by atoms with E-state index in [2.05, 4.69) is 30.1 Å². The van der Waals surface area contributed by atoms with Crippen LogP contribution in [0.2, 0.25) is 0 Å². The van der Waals surface area contributed by atoms with Gasteiger partial charge in [0.05, 0.1) is 5.69 Å². The molecule has 0 spiro atoms. The van der Waals surface area contributed by atoms with E-state index in [1.54, 1.807) is 6.20 Å². The summed E-state index contributed by atoms with van der Waals surface area (Å²) in [6.45, 7) is 3.15. The smallest absolute Gasteiger partial charge is 0.122 e. The van der Waals surface area contributed by atoms with Crippen LogP contribution >= 0.6 is 24.0 Å². The van der Waals surface area contributed by atoms with Crippen molar-refractivity contribution in [3.63, 3.8) is 0 Å². The number of hydrogen-bond donors (Lipinski definition) is 1. The molecule has 3 nitrogen and oxygen atoms in total. The topological polar surface area (TPSA) is 42.2 Å². The van der Waals surface area contributed by atoms with Gasteiger partial charge < -0.3 is 5.73 Å². The molecule has 0 aliphatic heterocycles. The van der Waals surface area contributed by atoms with Gasteiger partial charge in [-0.15, -0.1) is 0 Å². The molecule has 1 aromatic heterocycles. The number of aromatic nitrogens is 1. The lowest BCUT2D eigenvalue weighted by Gasteiger charge is -2.24. The fourth-order valence-electron chi connectivity index (χ4n) is 1.66. The molecule has 0 bridgehead atoms. The maximum Gasteiger partial charge on any atom is 0.122 e. The first-order chi connectivity index (χ1) is 8.54. The zero-order valence-corrected chi connectivity index (χ0v) is 12.9. The van der Waals surface area contributed by atoms with Crippen LogP contribution in [0.4, 0.5) is 0 Å². The minimum Gasteiger partial charge on any atom is -0.388 e. The molecular formula is C13H21N3S2. The highest BCUT2D eigenvalue weighted by Gasteiger charge is 2.10. The Hall–Kier alpha value is -0.650. The molecule has 1 aromatic rings. The van der Waals surface area contributed by atoms with Crippen LogP contribution in [0, 0.1) is 0 Å². The molecule has 1 atom stereocenters. The van der Waals surface area contributed by atoms with Gasteiger partial charge >= 0.3 is 0 Å². The Morgan fingerprint density at radius 2 is 2.33 bits per heavy atom. The van der Waals surface area contributed by atoms with Crippen LogP contribution in [0.15, 0.2) is 18.3 Å². The number of nitrogens with two attached hydrogens (primary N) is 1. The summed E-state index contributed by atoms with van der Waals surface area (Å²) in [7, 11) is 2.14. The van der Waals surface area contributed by atoms with Crippen molar-refractivity contribution in [1.29, 1.82) is 0 Å². The summed E-state index contributed by atoms with van der Waals surface area (Å²) in [6.07, 6.45) is 5.11. The summed E-state index contributed by atoms with van der Waals surface area (Å²) >= 11 is 6.83. The summed E-state index contributed by atoms with van der Waals surface area (Å²) in [5.41, 5.74) is 7.49. The summed E-state index contributed by atoms with van der Waals surface area (Å²) in [4.78, 5) is 6.85. The summed E-state index contributed by atoms with van der Waals surface area (Å²) < 4.78 is 0. The summed E-state index contributed by atoms with van der Waals surface area (Å²) in [5, 5.41) is 0. The van der Waals surface area contributed by atoms with Crippen molar-refractivity contribution in [2.24, 2.45) is 5.73 Å². The van der Waals surface area contributed by atoms with Crippen molar-refractivity contribution in [1.82, 2.24) is 9.88 Å². The number of pyridine rings is 1. The Morgan fingerprint density at radius 1 is 1.61 bits per heavy atom. The average molecular weight is 283 g/mol. The molecule has 0 aliphatic rings. The number of rotatable bonds is 7. The lowest BCUT2D eigenvalue weighted by atomic mass is 10.1. The molecule has 0 radical (unpaired) electrons. The molecule has 0 fully saturated rings. The van der Waals surface area contributed by atoms with E-state index >= 15 is 0 Å². The second-order valence-corrected chi connectivity index (χ2v) is 5.88. The lowest BCUT2D eigenvalue weighted by molar-refractivity contribution is 0.245. The molecular weight excluding hydrogens is 262 g/mol. The van der Waals surface area contributed by atoms with Crippen LogP contribution in [0.1, 0.15) is 24.6 Å². The first kappa shape index (κ1) is 15.4. The molecule has 0 saturated carbocycles. The number of hydrogen-bond acceptors (Lipinski definition) is 4. The largest absolute Gasteiger partial charge is 0.388 e. The zero-order chi connectivity index (χ0) is 13.5. The Morgan fingerprint density at radius 3 is 2.94 bits per heavy atom. The number of nitrogens with zero attached hydrogens (tertiary/aromatic N) is 2. The Labute approximate surface area is 119 Å². The molecule has 0 aromatic carbocycles. The van der Waals surface area contributed by atoms with Crippen LogP contribution in [0.3, 0.4) is 0 Å². The second kappa shape index (κ2) is 7.71. The van der Waals surface area contributed by atoms with Crippen molar-refractivity contribution in [2.45, 2.75) is 25.9 Å². The van der Waals surface area contributed by atoms with E-state index in [9.17, 15) is 0 Å². The molecule has 18 heavy (non-hydrogen) atoms. The zero-order valence-electron chi connectivity index (χ0n) is 11.2. The van der Waals surface area contributed by atoms with Gasteiger partial charge in [-0.05, 0) is 50.1 Å². The van der Waals surface area contributed by atoms with Crippen LogP contribution in [-0.4, -0.2) is 40.0 Å². The third-order valence-corrected chi connectivity index (χ3v) is 3.85. The maximum absolute atomic E-state index is 5.59. The fourth-order valence-corrected chi connectivity index (χ4v) is 2.35. The van der Waals surface area contributed by atoms with E-state index in [0.717, 1.165) is 6.54 Å². The monoisotopic (exact) mass is 283 g/mol. The van der Waals surface area contributed by atoms with Crippen molar-refractivity contribution >= 4 is 29.0 Å². The molecule has 1 heterocycles. The molecule has 0 amide bonds.